The highest BCUT2D eigenvalue weighted by Gasteiger charge is 2.31. The molecule has 0 radical (unpaired) electrons. The van der Waals surface area contributed by atoms with Crippen molar-refractivity contribution in [3.05, 3.63) is 28.3 Å². The Labute approximate surface area is 145 Å². The van der Waals surface area contributed by atoms with Gasteiger partial charge in [-0.05, 0) is 31.2 Å². The smallest absolute Gasteiger partial charge is 0.317 e. The molecule has 0 aliphatic carbocycles. The molecule has 2 fully saturated rings. The minimum atomic E-state index is 0.0983. The molecule has 2 aromatic heterocycles. The Morgan fingerprint density at radius 3 is 2.88 bits per heavy atom. The fraction of sp³-hybridized carbons (Fsp3) is 0.529. The average Bonchev–Trinajstić information content (AvgIpc) is 3.31. The molecule has 2 amide bonds. The third kappa shape index (κ3) is 3.06. The third-order valence-electron chi connectivity index (χ3n) is 4.92. The number of urea groups is 1. The summed E-state index contributed by atoms with van der Waals surface area (Å²) < 4.78 is 5.82. The van der Waals surface area contributed by atoms with Crippen molar-refractivity contribution in [1.82, 2.24) is 20.1 Å². The van der Waals surface area contributed by atoms with Gasteiger partial charge in [0.25, 0.3) is 0 Å². The molecular weight excluding hydrogens is 324 g/mol. The van der Waals surface area contributed by atoms with Crippen molar-refractivity contribution in [3.63, 3.8) is 0 Å². The van der Waals surface area contributed by atoms with E-state index in [-0.39, 0.29) is 6.03 Å². The Hall–Kier alpha value is -1.86. The number of hydrogen-bond donors (Lipinski definition) is 1. The lowest BCUT2D eigenvalue weighted by Crippen LogP contribution is -2.45. The number of carbonyl (C=O) groups excluding carboxylic acids is 1. The van der Waals surface area contributed by atoms with Gasteiger partial charge in [-0.2, -0.15) is 11.3 Å². The zero-order valence-electron chi connectivity index (χ0n) is 13.8. The van der Waals surface area contributed by atoms with Gasteiger partial charge in [-0.25, -0.2) is 9.78 Å². The first-order chi connectivity index (χ1) is 11.7. The van der Waals surface area contributed by atoms with Crippen LogP contribution in [0.5, 0.6) is 0 Å². The molecule has 0 bridgehead atoms. The molecule has 0 aromatic carbocycles. The van der Waals surface area contributed by atoms with Crippen LogP contribution in [0.2, 0.25) is 0 Å². The monoisotopic (exact) mass is 346 g/mol. The molecule has 2 aliphatic heterocycles. The Balaban J connectivity index is 1.36. The van der Waals surface area contributed by atoms with Crippen molar-refractivity contribution in [1.29, 1.82) is 0 Å². The van der Waals surface area contributed by atoms with E-state index < -0.39 is 0 Å². The summed E-state index contributed by atoms with van der Waals surface area (Å²) in [6.45, 7) is 6.42. The SMILES string of the molecule is Cc1oc(-c2ccsc2)nc1CN1CCC(N2CCNC2=O)CC1. The number of thiophene rings is 1. The number of amides is 2. The Kier molecular flexibility index (Phi) is 4.28. The lowest BCUT2D eigenvalue weighted by molar-refractivity contribution is 0.131. The minimum absolute atomic E-state index is 0.0983. The van der Waals surface area contributed by atoms with Gasteiger partial charge in [0.1, 0.15) is 5.76 Å². The molecule has 2 saturated heterocycles. The summed E-state index contributed by atoms with van der Waals surface area (Å²) in [5, 5.41) is 6.99. The van der Waals surface area contributed by atoms with Crippen molar-refractivity contribution in [3.8, 4) is 11.5 Å². The molecule has 1 N–H and O–H groups in total. The van der Waals surface area contributed by atoms with E-state index in [1.54, 1.807) is 11.3 Å². The quantitative estimate of drug-likeness (QED) is 0.925. The summed E-state index contributed by atoms with van der Waals surface area (Å²) in [7, 11) is 0. The maximum Gasteiger partial charge on any atom is 0.317 e. The van der Waals surface area contributed by atoms with Crippen molar-refractivity contribution in [2.75, 3.05) is 26.2 Å². The van der Waals surface area contributed by atoms with Crippen LogP contribution in [0.15, 0.2) is 21.2 Å². The second-order valence-corrected chi connectivity index (χ2v) is 7.25. The molecule has 128 valence electrons. The van der Waals surface area contributed by atoms with E-state index in [9.17, 15) is 4.79 Å². The highest BCUT2D eigenvalue weighted by Crippen LogP contribution is 2.26. The number of carbonyl (C=O) groups is 1. The first kappa shape index (κ1) is 15.7. The maximum absolute atomic E-state index is 11.8. The van der Waals surface area contributed by atoms with Crippen LogP contribution < -0.4 is 5.32 Å². The van der Waals surface area contributed by atoms with Crippen LogP contribution in [-0.2, 0) is 6.54 Å². The van der Waals surface area contributed by atoms with E-state index in [1.165, 1.54) is 0 Å². The molecule has 4 heterocycles. The fourth-order valence-corrected chi connectivity index (χ4v) is 4.15. The average molecular weight is 346 g/mol. The van der Waals surface area contributed by atoms with Crippen molar-refractivity contribution >= 4 is 17.4 Å². The Morgan fingerprint density at radius 2 is 2.21 bits per heavy atom. The second-order valence-electron chi connectivity index (χ2n) is 6.47. The predicted molar refractivity (Wildman–Crippen MR) is 93.0 cm³/mol. The van der Waals surface area contributed by atoms with Gasteiger partial charge in [-0.15, -0.1) is 0 Å². The van der Waals surface area contributed by atoms with E-state index in [4.69, 9.17) is 4.42 Å². The zero-order chi connectivity index (χ0) is 16.5. The van der Waals surface area contributed by atoms with Crippen LogP contribution in [-0.4, -0.2) is 53.0 Å². The van der Waals surface area contributed by atoms with Crippen molar-refractivity contribution in [2.45, 2.75) is 32.4 Å². The molecule has 7 heteroatoms. The van der Waals surface area contributed by atoms with Crippen LogP contribution in [0, 0.1) is 6.92 Å². The number of nitrogens with one attached hydrogen (secondary N) is 1. The number of hydrogen-bond acceptors (Lipinski definition) is 5. The lowest BCUT2D eigenvalue weighted by Gasteiger charge is -2.35. The molecule has 2 aliphatic rings. The van der Waals surface area contributed by atoms with Gasteiger partial charge in [0.05, 0.1) is 5.69 Å². The zero-order valence-corrected chi connectivity index (χ0v) is 14.6. The maximum atomic E-state index is 11.8. The van der Waals surface area contributed by atoms with Gasteiger partial charge in [-0.3, -0.25) is 4.90 Å². The Morgan fingerprint density at radius 1 is 1.38 bits per heavy atom. The molecule has 0 atom stereocenters. The molecule has 0 unspecified atom stereocenters. The number of likely N-dealkylation sites (tertiary alicyclic amines) is 1. The van der Waals surface area contributed by atoms with Gasteiger partial charge >= 0.3 is 6.03 Å². The molecular formula is C17H22N4O2S. The first-order valence-electron chi connectivity index (χ1n) is 8.46. The van der Waals surface area contributed by atoms with E-state index in [0.29, 0.717) is 11.9 Å². The molecule has 0 saturated carbocycles. The fourth-order valence-electron chi connectivity index (χ4n) is 3.52. The second kappa shape index (κ2) is 6.57. The van der Waals surface area contributed by atoms with Gasteiger partial charge in [0, 0.05) is 49.7 Å². The van der Waals surface area contributed by atoms with Gasteiger partial charge in [0.15, 0.2) is 0 Å². The normalized spacial score (nSPS) is 19.9. The van der Waals surface area contributed by atoms with Crippen LogP contribution in [0.4, 0.5) is 4.79 Å². The van der Waals surface area contributed by atoms with Gasteiger partial charge in [0.2, 0.25) is 5.89 Å². The molecule has 4 rings (SSSR count). The van der Waals surface area contributed by atoms with Crippen molar-refractivity contribution < 1.29 is 9.21 Å². The number of rotatable bonds is 4. The van der Waals surface area contributed by atoms with Gasteiger partial charge < -0.3 is 14.6 Å². The third-order valence-corrected chi connectivity index (χ3v) is 5.61. The predicted octanol–water partition coefficient (Wildman–Crippen LogP) is 2.70. The summed E-state index contributed by atoms with van der Waals surface area (Å²) in [4.78, 5) is 20.9. The van der Waals surface area contributed by atoms with E-state index >= 15 is 0 Å². The highest BCUT2D eigenvalue weighted by atomic mass is 32.1. The van der Waals surface area contributed by atoms with Crippen LogP contribution >= 0.6 is 11.3 Å². The first-order valence-corrected chi connectivity index (χ1v) is 9.40. The largest absolute Gasteiger partial charge is 0.441 e. The highest BCUT2D eigenvalue weighted by molar-refractivity contribution is 7.08. The summed E-state index contributed by atoms with van der Waals surface area (Å²) in [6.07, 6.45) is 2.06. The van der Waals surface area contributed by atoms with E-state index in [1.807, 2.05) is 23.3 Å². The van der Waals surface area contributed by atoms with Crippen LogP contribution in [0.1, 0.15) is 24.3 Å². The standard InChI is InChI=1S/C17H22N4O2S/c1-12-15(19-16(23-12)13-4-9-24-11-13)10-20-6-2-14(3-7-20)21-8-5-18-17(21)22/h4,9,11,14H,2-3,5-8,10H2,1H3,(H,18,22). The Bertz CT molecular complexity index is 704. The number of piperidine rings is 1. The molecule has 6 nitrogen and oxygen atoms in total. The topological polar surface area (TPSA) is 61.6 Å². The lowest BCUT2D eigenvalue weighted by atomic mass is 10.0. The number of aromatic nitrogens is 1. The van der Waals surface area contributed by atoms with Crippen molar-refractivity contribution in [2.24, 2.45) is 0 Å². The van der Waals surface area contributed by atoms with E-state index in [0.717, 1.165) is 62.6 Å². The summed E-state index contributed by atoms with van der Waals surface area (Å²) in [5.41, 5.74) is 2.07. The summed E-state index contributed by atoms with van der Waals surface area (Å²) in [6, 6.07) is 2.51. The van der Waals surface area contributed by atoms with Gasteiger partial charge in [-0.1, -0.05) is 0 Å². The summed E-state index contributed by atoms with van der Waals surface area (Å²) in [5.74, 6) is 1.62. The number of aryl methyl sites for hydroxylation is 1. The summed E-state index contributed by atoms with van der Waals surface area (Å²) >= 11 is 1.65. The number of oxazole rings is 1. The number of nitrogens with zero attached hydrogens (tertiary/aromatic N) is 3. The van der Waals surface area contributed by atoms with Crippen LogP contribution in [0.3, 0.4) is 0 Å². The molecule has 2 aromatic rings. The van der Waals surface area contributed by atoms with Crippen LogP contribution in [0.25, 0.3) is 11.5 Å². The van der Waals surface area contributed by atoms with E-state index in [2.05, 4.69) is 20.6 Å². The molecule has 24 heavy (non-hydrogen) atoms. The minimum Gasteiger partial charge on any atom is -0.441 e. The molecule has 0 spiro atoms.